The van der Waals surface area contributed by atoms with Crippen LogP contribution in [0, 0.1) is 24.0 Å². The Morgan fingerprint density at radius 1 is 1.14 bits per heavy atom. The molecule has 0 unspecified atom stereocenters. The number of aliphatic hydroxyl groups excluding tert-OH is 4. The SMILES string of the molecule is CCCC(=O)O.Cc1cc2nc3c(=O)[nH]c(=O)nc-3n(C[C@H](O)[C@H](O)[C@H](O)CO)c2cc1C.O=[N+]([O-])O. The average molecular weight is 527 g/mol. The number of aromatic nitrogens is 4. The summed E-state index contributed by atoms with van der Waals surface area (Å²) in [6.45, 7) is 4.57. The lowest BCUT2D eigenvalue weighted by molar-refractivity contribution is -0.742. The second-order valence-corrected chi connectivity index (χ2v) is 7.88. The van der Waals surface area contributed by atoms with E-state index in [9.17, 15) is 29.7 Å². The predicted molar refractivity (Wildman–Crippen MR) is 127 cm³/mol. The van der Waals surface area contributed by atoms with Crippen LogP contribution in [0.5, 0.6) is 0 Å². The zero-order valence-electron chi connectivity index (χ0n) is 20.2. The fourth-order valence-corrected chi connectivity index (χ4v) is 3.11. The van der Waals surface area contributed by atoms with Gasteiger partial charge in [-0.3, -0.25) is 14.6 Å². The number of aliphatic carboxylic acids is 1. The summed E-state index contributed by atoms with van der Waals surface area (Å²) in [5.74, 6) is -0.762. The summed E-state index contributed by atoms with van der Waals surface area (Å²) in [6, 6.07) is 3.53. The summed E-state index contributed by atoms with van der Waals surface area (Å²) in [7, 11) is 0. The summed E-state index contributed by atoms with van der Waals surface area (Å²) in [6.07, 6.45) is -3.66. The van der Waals surface area contributed by atoms with Crippen molar-refractivity contribution in [1.29, 1.82) is 0 Å². The average Bonchev–Trinajstić information content (AvgIpc) is 2.79. The number of nitrogens with zero attached hydrogens (tertiary/aromatic N) is 4. The molecular formula is C21H29N5O11. The van der Waals surface area contributed by atoms with Gasteiger partial charge in [-0.25, -0.2) is 9.78 Å². The number of carboxylic acids is 1. The number of fused-ring (bicyclic) bond motifs is 2. The van der Waals surface area contributed by atoms with Crippen LogP contribution < -0.4 is 11.2 Å². The van der Waals surface area contributed by atoms with Crippen molar-refractivity contribution >= 4 is 17.0 Å². The Kier molecular flexibility index (Phi) is 11.7. The number of aryl methyl sites for hydroxylation is 2. The van der Waals surface area contributed by atoms with Gasteiger partial charge in [-0.15, -0.1) is 10.1 Å². The predicted octanol–water partition coefficient (Wildman–Crippen LogP) is -1.20. The molecule has 7 N–H and O–H groups in total. The van der Waals surface area contributed by atoms with E-state index in [2.05, 4.69) is 15.0 Å². The molecular weight excluding hydrogens is 498 g/mol. The largest absolute Gasteiger partial charge is 0.481 e. The summed E-state index contributed by atoms with van der Waals surface area (Å²) < 4.78 is 1.40. The number of H-pyrrole nitrogens is 1. The van der Waals surface area contributed by atoms with Crippen molar-refractivity contribution in [3.63, 3.8) is 0 Å². The zero-order chi connectivity index (χ0) is 28.4. The summed E-state index contributed by atoms with van der Waals surface area (Å²) >= 11 is 0. The number of hydrogen-bond acceptors (Lipinski definition) is 11. The normalized spacial score (nSPS) is 13.1. The van der Waals surface area contributed by atoms with Crippen LogP contribution in [0.3, 0.4) is 0 Å². The lowest BCUT2D eigenvalue weighted by atomic mass is 10.1. The number of aromatic amines is 1. The first kappa shape index (κ1) is 31.0. The minimum Gasteiger partial charge on any atom is -0.481 e. The van der Waals surface area contributed by atoms with Gasteiger partial charge in [0, 0.05) is 6.42 Å². The highest BCUT2D eigenvalue weighted by molar-refractivity contribution is 5.81. The van der Waals surface area contributed by atoms with Crippen LogP contribution in [0.2, 0.25) is 0 Å². The monoisotopic (exact) mass is 527 g/mol. The summed E-state index contributed by atoms with van der Waals surface area (Å²) in [5.41, 5.74) is 1.11. The summed E-state index contributed by atoms with van der Waals surface area (Å²) in [4.78, 5) is 52.0. The molecule has 0 aliphatic carbocycles. The van der Waals surface area contributed by atoms with Gasteiger partial charge in [0.25, 0.3) is 10.6 Å². The van der Waals surface area contributed by atoms with Gasteiger partial charge in [0.2, 0.25) is 0 Å². The van der Waals surface area contributed by atoms with E-state index in [0.29, 0.717) is 17.5 Å². The molecule has 2 heterocycles. The highest BCUT2D eigenvalue weighted by Gasteiger charge is 2.27. The molecule has 16 heteroatoms. The van der Waals surface area contributed by atoms with Crippen molar-refractivity contribution in [2.24, 2.45) is 0 Å². The number of hydrogen-bond donors (Lipinski definition) is 7. The van der Waals surface area contributed by atoms with Gasteiger partial charge >= 0.3 is 11.7 Å². The van der Waals surface area contributed by atoms with Crippen molar-refractivity contribution < 1.29 is 40.6 Å². The van der Waals surface area contributed by atoms with E-state index in [0.717, 1.165) is 17.5 Å². The van der Waals surface area contributed by atoms with Crippen molar-refractivity contribution in [2.45, 2.75) is 58.5 Å². The lowest BCUT2D eigenvalue weighted by Crippen LogP contribution is -2.42. The number of nitrogens with one attached hydrogen (secondary N) is 1. The molecule has 0 bridgehead atoms. The third-order valence-corrected chi connectivity index (χ3v) is 5.03. The minimum absolute atomic E-state index is 0.0516. The molecule has 204 valence electrons. The highest BCUT2D eigenvalue weighted by atomic mass is 16.9. The number of carboxylic acid groups (broad SMARTS) is 1. The molecule has 0 saturated heterocycles. The van der Waals surface area contributed by atoms with Gasteiger partial charge in [-0.2, -0.15) is 4.98 Å². The van der Waals surface area contributed by atoms with Gasteiger partial charge < -0.3 is 35.3 Å². The molecule has 3 atom stereocenters. The topological polar surface area (TPSA) is 262 Å². The fraction of sp³-hybridized carbons (Fsp3) is 0.476. The Balaban J connectivity index is 0.000000583. The Hall–Kier alpha value is -3.99. The highest BCUT2D eigenvalue weighted by Crippen LogP contribution is 2.24. The van der Waals surface area contributed by atoms with Crippen LogP contribution >= 0.6 is 0 Å². The Bertz CT molecular complexity index is 1300. The van der Waals surface area contributed by atoms with Gasteiger partial charge in [0.05, 0.1) is 24.2 Å². The maximum absolute atomic E-state index is 12.2. The molecule has 37 heavy (non-hydrogen) atoms. The van der Waals surface area contributed by atoms with E-state index in [1.165, 1.54) is 4.57 Å². The van der Waals surface area contributed by atoms with Crippen LogP contribution in [0.25, 0.3) is 22.6 Å². The minimum atomic E-state index is -1.64. The van der Waals surface area contributed by atoms with Gasteiger partial charge in [-0.1, -0.05) is 6.92 Å². The Morgan fingerprint density at radius 3 is 2.19 bits per heavy atom. The Morgan fingerprint density at radius 2 is 1.70 bits per heavy atom. The van der Waals surface area contributed by atoms with Crippen LogP contribution in [-0.4, -0.2) is 86.2 Å². The van der Waals surface area contributed by atoms with Crippen LogP contribution in [0.1, 0.15) is 30.9 Å². The number of rotatable bonds is 7. The Labute approximate surface area is 208 Å². The molecule has 0 aromatic heterocycles. The summed E-state index contributed by atoms with van der Waals surface area (Å²) in [5, 5.41) is 60.3. The first-order valence-electron chi connectivity index (χ1n) is 10.8. The van der Waals surface area contributed by atoms with Crippen molar-refractivity contribution in [3.05, 3.63) is 54.2 Å². The number of benzene rings is 1. The van der Waals surface area contributed by atoms with E-state index >= 15 is 0 Å². The smallest absolute Gasteiger partial charge is 0.349 e. The van der Waals surface area contributed by atoms with Crippen LogP contribution in [-0.2, 0) is 11.3 Å². The molecule has 0 saturated carbocycles. The molecule has 1 aromatic rings. The van der Waals surface area contributed by atoms with Gasteiger partial charge in [0.1, 0.15) is 18.3 Å². The van der Waals surface area contributed by atoms with E-state index in [4.69, 9.17) is 25.5 Å². The molecule has 16 nitrogen and oxygen atoms in total. The van der Waals surface area contributed by atoms with Crippen molar-refractivity contribution in [1.82, 2.24) is 19.5 Å². The molecule has 0 amide bonds. The third kappa shape index (κ3) is 8.87. The van der Waals surface area contributed by atoms with Crippen LogP contribution in [0.4, 0.5) is 0 Å². The second-order valence-electron chi connectivity index (χ2n) is 7.88. The molecule has 0 spiro atoms. The second kappa shape index (κ2) is 13.9. The van der Waals surface area contributed by atoms with E-state index in [1.54, 1.807) is 12.1 Å². The van der Waals surface area contributed by atoms with E-state index in [1.807, 2.05) is 20.8 Å². The van der Waals surface area contributed by atoms with E-state index < -0.39 is 47.2 Å². The molecule has 1 aromatic carbocycles. The van der Waals surface area contributed by atoms with E-state index in [-0.39, 0.29) is 18.1 Å². The first-order chi connectivity index (χ1) is 17.2. The van der Waals surface area contributed by atoms with Crippen LogP contribution in [0.15, 0.2) is 21.7 Å². The molecule has 3 rings (SSSR count). The van der Waals surface area contributed by atoms with Gasteiger partial charge in [-0.05, 0) is 43.5 Å². The zero-order valence-corrected chi connectivity index (χ0v) is 20.2. The maximum atomic E-state index is 12.2. The fourth-order valence-electron chi connectivity index (χ4n) is 3.11. The first-order valence-corrected chi connectivity index (χ1v) is 10.8. The quantitative estimate of drug-likeness (QED) is 0.108. The van der Waals surface area contributed by atoms with Crippen molar-refractivity contribution in [2.75, 3.05) is 6.61 Å². The molecule has 0 fully saturated rings. The number of carbonyl (C=O) groups is 1. The van der Waals surface area contributed by atoms with Crippen molar-refractivity contribution in [3.8, 4) is 11.5 Å². The third-order valence-electron chi connectivity index (χ3n) is 5.03. The standard InChI is InChI=1S/C17H20N4O6.C4H8O2.HNO3/c1-7-3-9-10(4-8(7)2)21(5-11(23)14(25)12(24)6-22)15-13(18-9)16(26)20-17(27)19-15;1-2-3-4(5)6;2-1(3)4/h3-4,11-12,14,22-25H,5-6H2,1-2H3,(H,20,26,27);2-3H2,1H3,(H,5,6);(H,2,3,4)/t11-,12+,14-;;/m0../s1. The molecule has 2 aliphatic rings. The van der Waals surface area contributed by atoms with Gasteiger partial charge in [0.15, 0.2) is 11.5 Å². The molecule has 2 aliphatic heterocycles. The number of aliphatic hydroxyl groups is 4. The molecule has 0 radical (unpaired) electrons. The lowest BCUT2D eigenvalue weighted by Gasteiger charge is -2.25. The maximum Gasteiger partial charge on any atom is 0.349 e.